The molecule has 2 aliphatic rings. The van der Waals surface area contributed by atoms with Crippen molar-refractivity contribution >= 4 is 10.0 Å². The van der Waals surface area contributed by atoms with Crippen LogP contribution >= 0.6 is 0 Å². The third-order valence-corrected chi connectivity index (χ3v) is 6.13. The van der Waals surface area contributed by atoms with Crippen molar-refractivity contribution in [1.82, 2.24) is 9.29 Å². The Labute approximate surface area is 131 Å². The zero-order valence-corrected chi connectivity index (χ0v) is 13.6. The van der Waals surface area contributed by atoms with E-state index in [1.54, 1.807) is 6.20 Å². The molecule has 1 aromatic rings. The van der Waals surface area contributed by atoms with Crippen molar-refractivity contribution < 1.29 is 17.9 Å². The first kappa shape index (κ1) is 15.7. The van der Waals surface area contributed by atoms with E-state index in [1.165, 1.54) is 4.31 Å². The van der Waals surface area contributed by atoms with Crippen LogP contribution in [0.25, 0.3) is 0 Å². The van der Waals surface area contributed by atoms with E-state index in [1.807, 2.05) is 25.1 Å². The minimum atomic E-state index is -3.13. The van der Waals surface area contributed by atoms with Gasteiger partial charge in [0, 0.05) is 38.2 Å². The molecule has 0 aromatic carbocycles. The predicted molar refractivity (Wildman–Crippen MR) is 82.2 cm³/mol. The quantitative estimate of drug-likeness (QED) is 0.819. The SMILES string of the molecule is CCCS(=O)(=O)N1CC2(C[C@H](Oc3ccccn3)CCO2)C1. The lowest BCUT2D eigenvalue weighted by Gasteiger charge is -2.52. The predicted octanol–water partition coefficient (Wildman–Crippen LogP) is 1.43. The van der Waals surface area contributed by atoms with Gasteiger partial charge in [-0.2, -0.15) is 4.31 Å². The molecule has 2 aliphatic heterocycles. The van der Waals surface area contributed by atoms with E-state index >= 15 is 0 Å². The summed E-state index contributed by atoms with van der Waals surface area (Å²) in [6, 6.07) is 5.57. The topological polar surface area (TPSA) is 68.7 Å². The molecule has 0 unspecified atom stereocenters. The Bertz CT molecular complexity index is 599. The number of nitrogens with zero attached hydrogens (tertiary/aromatic N) is 2. The van der Waals surface area contributed by atoms with Gasteiger partial charge in [0.1, 0.15) is 6.10 Å². The molecule has 0 aliphatic carbocycles. The van der Waals surface area contributed by atoms with Crippen LogP contribution < -0.4 is 4.74 Å². The van der Waals surface area contributed by atoms with Gasteiger partial charge < -0.3 is 9.47 Å². The minimum absolute atomic E-state index is 0.0275. The maximum Gasteiger partial charge on any atom is 0.214 e. The fourth-order valence-electron chi connectivity index (χ4n) is 3.07. The minimum Gasteiger partial charge on any atom is -0.474 e. The van der Waals surface area contributed by atoms with Crippen LogP contribution in [0.2, 0.25) is 0 Å². The summed E-state index contributed by atoms with van der Waals surface area (Å²) in [6.07, 6.45) is 3.88. The second-order valence-electron chi connectivity index (χ2n) is 6.02. The Balaban J connectivity index is 1.58. The molecule has 7 heteroatoms. The molecule has 1 spiro atoms. The summed E-state index contributed by atoms with van der Waals surface area (Å²) in [5.74, 6) is 0.816. The monoisotopic (exact) mass is 326 g/mol. The van der Waals surface area contributed by atoms with Crippen LogP contribution in [0.5, 0.6) is 5.88 Å². The Hall–Kier alpha value is -1.18. The average Bonchev–Trinajstić information content (AvgIpc) is 2.46. The maximum atomic E-state index is 12.0. The van der Waals surface area contributed by atoms with E-state index in [2.05, 4.69) is 4.98 Å². The Morgan fingerprint density at radius 3 is 2.95 bits per heavy atom. The van der Waals surface area contributed by atoms with Crippen LogP contribution in [-0.2, 0) is 14.8 Å². The van der Waals surface area contributed by atoms with Gasteiger partial charge in [0.2, 0.25) is 15.9 Å². The molecule has 22 heavy (non-hydrogen) atoms. The molecule has 0 saturated carbocycles. The van der Waals surface area contributed by atoms with Gasteiger partial charge in [-0.15, -0.1) is 0 Å². The number of sulfonamides is 1. The van der Waals surface area contributed by atoms with E-state index in [0.29, 0.717) is 38.4 Å². The van der Waals surface area contributed by atoms with Gasteiger partial charge in [0.15, 0.2) is 0 Å². The van der Waals surface area contributed by atoms with Gasteiger partial charge in [-0.3, -0.25) is 0 Å². The summed E-state index contributed by atoms with van der Waals surface area (Å²) < 4.78 is 37.4. The van der Waals surface area contributed by atoms with E-state index in [-0.39, 0.29) is 17.5 Å². The van der Waals surface area contributed by atoms with Gasteiger partial charge in [-0.25, -0.2) is 13.4 Å². The van der Waals surface area contributed by atoms with Crippen molar-refractivity contribution in [2.75, 3.05) is 25.4 Å². The van der Waals surface area contributed by atoms with Crippen LogP contribution in [0, 0.1) is 0 Å². The Kier molecular flexibility index (Phi) is 4.38. The highest BCUT2D eigenvalue weighted by atomic mass is 32.2. The third kappa shape index (κ3) is 3.26. The molecular weight excluding hydrogens is 304 g/mol. The summed E-state index contributed by atoms with van der Waals surface area (Å²) in [6.45, 7) is 3.36. The molecule has 1 atom stereocenters. The molecule has 0 bridgehead atoms. The molecule has 2 saturated heterocycles. The van der Waals surface area contributed by atoms with Crippen molar-refractivity contribution in [2.24, 2.45) is 0 Å². The van der Waals surface area contributed by atoms with Gasteiger partial charge in [-0.1, -0.05) is 13.0 Å². The Morgan fingerprint density at radius 1 is 1.45 bits per heavy atom. The highest BCUT2D eigenvalue weighted by molar-refractivity contribution is 7.89. The highest BCUT2D eigenvalue weighted by Crippen LogP contribution is 2.37. The van der Waals surface area contributed by atoms with Gasteiger partial charge in [0.05, 0.1) is 18.0 Å². The molecule has 3 heterocycles. The fourth-order valence-corrected chi connectivity index (χ4v) is 4.71. The fraction of sp³-hybridized carbons (Fsp3) is 0.667. The third-order valence-electron chi connectivity index (χ3n) is 4.16. The zero-order valence-electron chi connectivity index (χ0n) is 12.8. The molecule has 2 fully saturated rings. The van der Waals surface area contributed by atoms with E-state index in [0.717, 1.165) is 6.42 Å². The molecule has 0 N–H and O–H groups in total. The standard InChI is InChI=1S/C15H22N2O4S/c1-2-9-22(18,19)17-11-15(12-17)10-13(6-8-20-15)21-14-5-3-4-7-16-14/h3-5,7,13H,2,6,8-12H2,1H3/t13-/m1/s1. The van der Waals surface area contributed by atoms with Crippen molar-refractivity contribution in [2.45, 2.75) is 37.9 Å². The van der Waals surface area contributed by atoms with Gasteiger partial charge in [-0.05, 0) is 12.5 Å². The maximum absolute atomic E-state index is 12.0. The first-order valence-corrected chi connectivity index (χ1v) is 9.33. The van der Waals surface area contributed by atoms with Crippen LogP contribution in [-0.4, -0.2) is 54.9 Å². The van der Waals surface area contributed by atoms with Crippen molar-refractivity contribution in [3.63, 3.8) is 0 Å². The largest absolute Gasteiger partial charge is 0.474 e. The number of ether oxygens (including phenoxy) is 2. The summed E-state index contributed by atoms with van der Waals surface area (Å²) in [4.78, 5) is 4.17. The molecule has 6 nitrogen and oxygen atoms in total. The lowest BCUT2D eigenvalue weighted by atomic mass is 9.86. The van der Waals surface area contributed by atoms with Gasteiger partial charge >= 0.3 is 0 Å². The highest BCUT2D eigenvalue weighted by Gasteiger charge is 2.51. The smallest absolute Gasteiger partial charge is 0.214 e. The van der Waals surface area contributed by atoms with Crippen LogP contribution in [0.4, 0.5) is 0 Å². The second-order valence-corrected chi connectivity index (χ2v) is 8.10. The van der Waals surface area contributed by atoms with E-state index in [4.69, 9.17) is 9.47 Å². The number of hydrogen-bond donors (Lipinski definition) is 0. The number of hydrogen-bond acceptors (Lipinski definition) is 5. The first-order chi connectivity index (χ1) is 10.5. The average molecular weight is 326 g/mol. The van der Waals surface area contributed by atoms with Crippen molar-refractivity contribution in [3.05, 3.63) is 24.4 Å². The lowest BCUT2D eigenvalue weighted by molar-refractivity contribution is -0.165. The molecular formula is C15H22N2O4S. The summed E-state index contributed by atoms with van der Waals surface area (Å²) >= 11 is 0. The second kappa shape index (κ2) is 6.14. The summed E-state index contributed by atoms with van der Waals surface area (Å²) in [7, 11) is -3.13. The molecule has 0 amide bonds. The molecule has 122 valence electrons. The summed E-state index contributed by atoms with van der Waals surface area (Å²) in [5, 5.41) is 0. The summed E-state index contributed by atoms with van der Waals surface area (Å²) in [5.41, 5.74) is -0.376. The Morgan fingerprint density at radius 2 is 2.27 bits per heavy atom. The molecule has 0 radical (unpaired) electrons. The first-order valence-electron chi connectivity index (χ1n) is 7.72. The van der Waals surface area contributed by atoms with E-state index in [9.17, 15) is 8.42 Å². The normalized spacial score (nSPS) is 24.9. The van der Waals surface area contributed by atoms with E-state index < -0.39 is 10.0 Å². The van der Waals surface area contributed by atoms with Crippen LogP contribution in [0.1, 0.15) is 26.2 Å². The van der Waals surface area contributed by atoms with Crippen molar-refractivity contribution in [3.8, 4) is 5.88 Å². The lowest BCUT2D eigenvalue weighted by Crippen LogP contribution is -2.67. The van der Waals surface area contributed by atoms with Crippen molar-refractivity contribution in [1.29, 1.82) is 0 Å². The molecule has 3 rings (SSSR count). The number of pyridine rings is 1. The van der Waals surface area contributed by atoms with Crippen LogP contribution in [0.15, 0.2) is 24.4 Å². The van der Waals surface area contributed by atoms with Gasteiger partial charge in [0.25, 0.3) is 0 Å². The number of aromatic nitrogens is 1. The van der Waals surface area contributed by atoms with Crippen LogP contribution in [0.3, 0.4) is 0 Å². The zero-order chi connectivity index (χ0) is 15.6. The number of rotatable bonds is 5. The molecule has 1 aromatic heterocycles.